The van der Waals surface area contributed by atoms with Crippen LogP contribution in [-0.2, 0) is 12.8 Å². The molecule has 0 atom stereocenters. The van der Waals surface area contributed by atoms with Crippen molar-refractivity contribution in [2.45, 2.75) is 284 Å². The average Bonchev–Trinajstić information content (AvgIpc) is 3.38. The number of hydrogen-bond donors (Lipinski definition) is 2. The average molecular weight is 958 g/mol. The molecule has 0 fully saturated rings. The molecule has 0 aliphatic heterocycles. The normalized spacial score (nSPS) is 11.5. The third kappa shape index (κ3) is 27.2. The molecule has 4 aromatic rings. The quantitative estimate of drug-likeness (QED) is 0.0343. The Morgan fingerprint density at radius 3 is 0.743 bits per heavy atom. The number of rotatable bonds is 44. The van der Waals surface area contributed by atoms with Crippen LogP contribution in [0.5, 0.6) is 0 Å². The number of unbranched alkanes of at least 4 members (excludes halogenated alkanes) is 38. The van der Waals surface area contributed by atoms with Gasteiger partial charge in [0.2, 0.25) is 0 Å². The highest BCUT2D eigenvalue weighted by Crippen LogP contribution is 2.23. The molecule has 0 heterocycles. The summed E-state index contributed by atoms with van der Waals surface area (Å²) in [6, 6.07) is 24.7. The number of carbonyl (C=O) groups is 2. The van der Waals surface area contributed by atoms with Crippen LogP contribution < -0.4 is 10.9 Å². The number of benzene rings is 4. The Kier molecular flexibility index (Phi) is 33.6. The highest BCUT2D eigenvalue weighted by Gasteiger charge is 2.12. The van der Waals surface area contributed by atoms with Gasteiger partial charge in [-0.3, -0.25) is 20.4 Å². The standard InChI is InChI=1S/C66H104N2O2/c1-3-5-7-9-11-13-15-17-19-21-23-25-27-29-31-33-35-37-39-41-43-57-45-47-61-55-63(51-49-59(61)53-57)65(69)67-68-66(70)64-52-50-60-54-58(46-48-62(60)56-64)44-42-40-38-36-34-32-30-28-26-24-22-20-18-16-14-12-10-8-6-4-2/h45-56H,3-44H2,1-2H3,(H,67,69)(H,68,70). The van der Waals surface area contributed by atoms with E-state index in [1.807, 2.05) is 36.4 Å². The first kappa shape index (κ1) is 58.9. The number of hydrogen-bond acceptors (Lipinski definition) is 2. The van der Waals surface area contributed by atoms with Crippen LogP contribution in [0.3, 0.4) is 0 Å². The Hall–Kier alpha value is -3.66. The van der Waals surface area contributed by atoms with Crippen molar-refractivity contribution in [3.63, 3.8) is 0 Å². The fourth-order valence-electron chi connectivity index (χ4n) is 10.6. The molecule has 390 valence electrons. The first-order valence-electron chi connectivity index (χ1n) is 30.2. The molecule has 4 heteroatoms. The Labute approximate surface area is 430 Å². The third-order valence-electron chi connectivity index (χ3n) is 15.3. The summed E-state index contributed by atoms with van der Waals surface area (Å²) in [5.74, 6) is -0.641. The van der Waals surface area contributed by atoms with Gasteiger partial charge in [0.15, 0.2) is 0 Å². The van der Waals surface area contributed by atoms with E-state index in [2.05, 4.69) is 61.1 Å². The van der Waals surface area contributed by atoms with E-state index < -0.39 is 0 Å². The van der Waals surface area contributed by atoms with Gasteiger partial charge in [0.1, 0.15) is 0 Å². The number of nitrogens with one attached hydrogen (secondary N) is 2. The first-order chi connectivity index (χ1) is 34.6. The van der Waals surface area contributed by atoms with E-state index in [4.69, 9.17) is 0 Å². The second-order valence-corrected chi connectivity index (χ2v) is 21.6. The Balaban J connectivity index is 0.980. The minimum Gasteiger partial charge on any atom is -0.267 e. The summed E-state index contributed by atoms with van der Waals surface area (Å²) in [5.41, 5.74) is 9.05. The molecule has 0 saturated heterocycles. The van der Waals surface area contributed by atoms with E-state index in [0.717, 1.165) is 34.4 Å². The van der Waals surface area contributed by atoms with Crippen molar-refractivity contribution in [2.24, 2.45) is 0 Å². The zero-order chi connectivity index (χ0) is 49.4. The van der Waals surface area contributed by atoms with E-state index in [0.29, 0.717) is 11.1 Å². The lowest BCUT2D eigenvalue weighted by Gasteiger charge is -2.10. The molecule has 0 spiro atoms. The summed E-state index contributed by atoms with van der Waals surface area (Å²) in [6.07, 6.45) is 58.4. The minimum atomic E-state index is -0.320. The maximum atomic E-state index is 13.1. The second kappa shape index (κ2) is 39.9. The molecule has 4 aromatic carbocycles. The summed E-state index contributed by atoms with van der Waals surface area (Å²) in [6.45, 7) is 4.59. The van der Waals surface area contributed by atoms with E-state index in [9.17, 15) is 9.59 Å². The van der Waals surface area contributed by atoms with Gasteiger partial charge < -0.3 is 0 Å². The number of fused-ring (bicyclic) bond motifs is 2. The van der Waals surface area contributed by atoms with Crippen molar-refractivity contribution in [2.75, 3.05) is 0 Å². The summed E-state index contributed by atoms with van der Waals surface area (Å²) < 4.78 is 0. The molecule has 0 unspecified atom stereocenters. The molecular weight excluding hydrogens is 853 g/mol. The molecule has 4 rings (SSSR count). The van der Waals surface area contributed by atoms with Gasteiger partial charge in [-0.1, -0.05) is 306 Å². The van der Waals surface area contributed by atoms with Gasteiger partial charge in [-0.2, -0.15) is 0 Å². The number of amides is 2. The summed E-state index contributed by atoms with van der Waals surface area (Å²) >= 11 is 0. The maximum Gasteiger partial charge on any atom is 0.269 e. The topological polar surface area (TPSA) is 58.2 Å². The van der Waals surface area contributed by atoms with Crippen LogP contribution in [-0.4, -0.2) is 11.8 Å². The highest BCUT2D eigenvalue weighted by atomic mass is 16.2. The van der Waals surface area contributed by atoms with Gasteiger partial charge in [-0.15, -0.1) is 0 Å². The van der Waals surface area contributed by atoms with Crippen LogP contribution >= 0.6 is 0 Å². The van der Waals surface area contributed by atoms with E-state index >= 15 is 0 Å². The van der Waals surface area contributed by atoms with Crippen molar-refractivity contribution in [1.29, 1.82) is 0 Å². The van der Waals surface area contributed by atoms with E-state index in [-0.39, 0.29) is 11.8 Å². The molecular formula is C66H104N2O2. The van der Waals surface area contributed by atoms with Gasteiger partial charge in [-0.25, -0.2) is 0 Å². The van der Waals surface area contributed by atoms with Crippen molar-refractivity contribution >= 4 is 33.4 Å². The third-order valence-corrected chi connectivity index (χ3v) is 15.3. The van der Waals surface area contributed by atoms with Crippen molar-refractivity contribution in [3.8, 4) is 0 Å². The first-order valence-corrected chi connectivity index (χ1v) is 30.2. The number of hydrazine groups is 1. The van der Waals surface area contributed by atoms with Crippen LogP contribution in [0.15, 0.2) is 72.8 Å². The van der Waals surface area contributed by atoms with Crippen LogP contribution in [0.1, 0.15) is 303 Å². The molecule has 0 bridgehead atoms. The molecule has 2 N–H and O–H groups in total. The van der Waals surface area contributed by atoms with Gasteiger partial charge >= 0.3 is 0 Å². The van der Waals surface area contributed by atoms with E-state index in [1.165, 1.54) is 268 Å². The summed E-state index contributed by atoms with van der Waals surface area (Å²) in [5, 5.41) is 4.36. The summed E-state index contributed by atoms with van der Waals surface area (Å²) in [4.78, 5) is 26.2. The Bertz CT molecular complexity index is 1790. The lowest BCUT2D eigenvalue weighted by Crippen LogP contribution is -2.41. The molecule has 0 radical (unpaired) electrons. The smallest absolute Gasteiger partial charge is 0.267 e. The number of aryl methyl sites for hydroxylation is 2. The number of carbonyl (C=O) groups excluding carboxylic acids is 2. The lowest BCUT2D eigenvalue weighted by molar-refractivity contribution is 0.0847. The highest BCUT2D eigenvalue weighted by molar-refractivity contribution is 6.02. The van der Waals surface area contributed by atoms with Gasteiger partial charge in [-0.05, 0) is 82.6 Å². The molecule has 0 saturated carbocycles. The van der Waals surface area contributed by atoms with Crippen molar-refractivity contribution < 1.29 is 9.59 Å². The SMILES string of the molecule is CCCCCCCCCCCCCCCCCCCCCCc1ccc2cc(C(=O)NNC(=O)c3ccc4cc(CCCCCCCCCCCCCCCCCCCCCC)ccc4c3)ccc2c1. The van der Waals surface area contributed by atoms with Crippen LogP contribution in [0.4, 0.5) is 0 Å². The zero-order valence-electron chi connectivity index (χ0n) is 45.4. The van der Waals surface area contributed by atoms with Gasteiger partial charge in [0.05, 0.1) is 0 Å². The minimum absolute atomic E-state index is 0.320. The monoisotopic (exact) mass is 957 g/mol. The Morgan fingerprint density at radius 2 is 0.486 bits per heavy atom. The molecule has 0 aromatic heterocycles. The lowest BCUT2D eigenvalue weighted by atomic mass is 10.00. The fourth-order valence-corrected chi connectivity index (χ4v) is 10.6. The fraction of sp³-hybridized carbons (Fsp3) is 0.667. The zero-order valence-corrected chi connectivity index (χ0v) is 45.4. The predicted molar refractivity (Wildman–Crippen MR) is 306 cm³/mol. The van der Waals surface area contributed by atoms with Crippen molar-refractivity contribution in [1.82, 2.24) is 10.9 Å². The van der Waals surface area contributed by atoms with Crippen LogP contribution in [0.25, 0.3) is 21.5 Å². The molecule has 70 heavy (non-hydrogen) atoms. The van der Waals surface area contributed by atoms with Gasteiger partial charge in [0, 0.05) is 11.1 Å². The summed E-state index contributed by atoms with van der Waals surface area (Å²) in [7, 11) is 0. The van der Waals surface area contributed by atoms with Gasteiger partial charge in [0.25, 0.3) is 11.8 Å². The molecule has 0 aliphatic carbocycles. The predicted octanol–water partition coefficient (Wildman–Crippen LogP) is 20.8. The molecule has 4 nitrogen and oxygen atoms in total. The van der Waals surface area contributed by atoms with E-state index in [1.54, 1.807) is 0 Å². The second-order valence-electron chi connectivity index (χ2n) is 21.6. The van der Waals surface area contributed by atoms with Crippen molar-refractivity contribution in [3.05, 3.63) is 95.1 Å². The largest absolute Gasteiger partial charge is 0.269 e. The van der Waals surface area contributed by atoms with Crippen LogP contribution in [0, 0.1) is 0 Å². The molecule has 0 aliphatic rings. The maximum absolute atomic E-state index is 13.1. The molecule has 2 amide bonds. The Morgan fingerprint density at radius 1 is 0.271 bits per heavy atom. The van der Waals surface area contributed by atoms with Crippen LogP contribution in [0.2, 0.25) is 0 Å².